The van der Waals surface area contributed by atoms with Crippen molar-refractivity contribution in [2.75, 3.05) is 0 Å². The quantitative estimate of drug-likeness (QED) is 0.532. The molecule has 164 valence electrons. The van der Waals surface area contributed by atoms with Crippen molar-refractivity contribution in [2.45, 2.75) is 89.4 Å². The van der Waals surface area contributed by atoms with Crippen LogP contribution < -0.4 is 0 Å². The van der Waals surface area contributed by atoms with Crippen LogP contribution in [0.2, 0.25) is 0 Å². The van der Waals surface area contributed by atoms with E-state index < -0.39 is 24.2 Å². The van der Waals surface area contributed by atoms with E-state index in [9.17, 15) is 13.6 Å². The molecule has 6 unspecified atom stereocenters. The van der Waals surface area contributed by atoms with E-state index in [0.29, 0.717) is 5.92 Å². The number of allylic oxidation sites excluding steroid dienone is 1. The van der Waals surface area contributed by atoms with Crippen molar-refractivity contribution in [3.8, 4) is 0 Å². The second kappa shape index (κ2) is 9.06. The minimum absolute atomic E-state index is 0.0310. The number of carbonyl (C=O) groups is 1. The third-order valence-electron chi connectivity index (χ3n) is 9.30. The lowest BCUT2D eigenvalue weighted by molar-refractivity contribution is -0.150. The van der Waals surface area contributed by atoms with Crippen LogP contribution in [0.25, 0.3) is 0 Å². The molecule has 0 aromatic carbocycles. The van der Waals surface area contributed by atoms with Crippen LogP contribution in [0, 0.1) is 47.3 Å². The lowest BCUT2D eigenvalue weighted by Gasteiger charge is -2.47. The molecule has 4 heteroatoms. The first-order chi connectivity index (χ1) is 14.0. The van der Waals surface area contributed by atoms with Gasteiger partial charge in [-0.15, -0.1) is 6.58 Å². The number of hydrogen-bond donors (Lipinski definition) is 1. The van der Waals surface area contributed by atoms with Crippen LogP contribution in [-0.2, 0) is 4.79 Å². The number of fused-ring (bicyclic) bond motifs is 1. The van der Waals surface area contributed by atoms with Gasteiger partial charge in [0.1, 0.15) is 18.3 Å². The summed E-state index contributed by atoms with van der Waals surface area (Å²) in [5.41, 5.74) is 0. The van der Waals surface area contributed by atoms with Gasteiger partial charge in [-0.05, 0) is 118 Å². The maximum absolute atomic E-state index is 14.4. The van der Waals surface area contributed by atoms with Crippen molar-refractivity contribution in [3.63, 3.8) is 0 Å². The number of aliphatic carboxylic acids is 1. The van der Waals surface area contributed by atoms with Gasteiger partial charge < -0.3 is 5.11 Å². The van der Waals surface area contributed by atoms with Crippen LogP contribution in [-0.4, -0.2) is 23.4 Å². The molecular weight excluding hydrogens is 370 g/mol. The van der Waals surface area contributed by atoms with E-state index in [4.69, 9.17) is 5.11 Å². The Morgan fingerprint density at radius 2 is 1.10 bits per heavy atom. The molecule has 4 aliphatic rings. The third kappa shape index (κ3) is 4.56. The highest BCUT2D eigenvalue weighted by Crippen LogP contribution is 2.52. The van der Waals surface area contributed by atoms with Crippen LogP contribution in [0.3, 0.4) is 0 Å². The van der Waals surface area contributed by atoms with Crippen molar-refractivity contribution in [1.82, 2.24) is 0 Å². The Labute approximate surface area is 174 Å². The molecule has 6 atom stereocenters. The van der Waals surface area contributed by atoms with Crippen LogP contribution in [0.4, 0.5) is 8.78 Å². The molecule has 29 heavy (non-hydrogen) atoms. The predicted octanol–water partition coefficient (Wildman–Crippen LogP) is 6.60. The van der Waals surface area contributed by atoms with E-state index in [-0.39, 0.29) is 18.8 Å². The third-order valence-corrected chi connectivity index (χ3v) is 9.30. The predicted molar refractivity (Wildman–Crippen MR) is 111 cm³/mol. The van der Waals surface area contributed by atoms with Crippen molar-refractivity contribution in [1.29, 1.82) is 0 Å². The molecule has 0 spiro atoms. The van der Waals surface area contributed by atoms with Gasteiger partial charge in [0.2, 0.25) is 0 Å². The van der Waals surface area contributed by atoms with Crippen molar-refractivity contribution >= 4 is 5.97 Å². The van der Waals surface area contributed by atoms with Gasteiger partial charge in [-0.1, -0.05) is 6.08 Å². The zero-order valence-corrected chi connectivity index (χ0v) is 17.7. The van der Waals surface area contributed by atoms with Gasteiger partial charge in [0.15, 0.2) is 0 Å². The number of alkyl halides is 2. The van der Waals surface area contributed by atoms with Crippen molar-refractivity contribution in [2.24, 2.45) is 47.3 Å². The highest BCUT2D eigenvalue weighted by atomic mass is 19.1. The van der Waals surface area contributed by atoms with Crippen LogP contribution >= 0.6 is 0 Å². The molecule has 1 N–H and O–H groups in total. The molecule has 0 aliphatic heterocycles. The fraction of sp³-hybridized carbons (Fsp3) is 0.880. The van der Waals surface area contributed by atoms with Crippen molar-refractivity contribution in [3.05, 3.63) is 12.7 Å². The Morgan fingerprint density at radius 1 is 0.690 bits per heavy atom. The summed E-state index contributed by atoms with van der Waals surface area (Å²) in [6.45, 7) is 3.97. The summed E-state index contributed by atoms with van der Waals surface area (Å²) < 4.78 is 28.7. The first-order valence-electron chi connectivity index (χ1n) is 12.1. The molecule has 4 aliphatic carbocycles. The number of carboxylic acid groups (broad SMARTS) is 1. The van der Waals surface area contributed by atoms with Crippen LogP contribution in [0.15, 0.2) is 12.7 Å². The van der Waals surface area contributed by atoms with Gasteiger partial charge in [-0.3, -0.25) is 4.79 Å². The average Bonchev–Trinajstić information content (AvgIpc) is 2.72. The van der Waals surface area contributed by atoms with Gasteiger partial charge in [-0.2, -0.15) is 0 Å². The van der Waals surface area contributed by atoms with Crippen LogP contribution in [0.1, 0.15) is 77.0 Å². The minimum atomic E-state index is -1.53. The second-order valence-corrected chi connectivity index (χ2v) is 10.7. The molecule has 0 radical (unpaired) electrons. The Bertz CT molecular complexity index is 573. The van der Waals surface area contributed by atoms with Gasteiger partial charge in [0, 0.05) is 0 Å². The van der Waals surface area contributed by atoms with E-state index in [2.05, 4.69) is 12.7 Å². The lowest BCUT2D eigenvalue weighted by atomic mass is 9.58. The van der Waals surface area contributed by atoms with E-state index in [1.54, 1.807) is 0 Å². The molecule has 2 nitrogen and oxygen atoms in total. The maximum Gasteiger partial charge on any atom is 0.312 e. The van der Waals surface area contributed by atoms with Crippen molar-refractivity contribution < 1.29 is 18.7 Å². The fourth-order valence-electron chi connectivity index (χ4n) is 7.56. The summed E-state index contributed by atoms with van der Waals surface area (Å²) >= 11 is 0. The Morgan fingerprint density at radius 3 is 1.55 bits per heavy atom. The number of halogens is 2. The van der Waals surface area contributed by atoms with Gasteiger partial charge >= 0.3 is 5.97 Å². The standard InChI is InChI=1S/C25H38F2O2/c1-2-15-3-5-16(6-4-15)17-7-8-19-12-20(10-9-18(19)11-17)21-13-22(26)24(25(28)29)23(27)14-21/h2,15-24H,1,3-14H2,(H,28,29). The molecule has 0 saturated heterocycles. The Kier molecular flexibility index (Phi) is 6.65. The topological polar surface area (TPSA) is 37.3 Å². The summed E-state index contributed by atoms with van der Waals surface area (Å²) in [4.78, 5) is 11.2. The van der Waals surface area contributed by atoms with Gasteiger partial charge in [-0.25, -0.2) is 8.78 Å². The molecule has 0 aromatic heterocycles. The molecule has 4 saturated carbocycles. The molecule has 0 bridgehead atoms. The smallest absolute Gasteiger partial charge is 0.312 e. The van der Waals surface area contributed by atoms with E-state index >= 15 is 0 Å². The first kappa shape index (κ1) is 21.3. The lowest BCUT2D eigenvalue weighted by Crippen LogP contribution is -2.44. The molecule has 4 fully saturated rings. The summed E-state index contributed by atoms with van der Waals surface area (Å²) in [7, 11) is 0. The monoisotopic (exact) mass is 408 g/mol. The number of hydrogen-bond acceptors (Lipinski definition) is 1. The molecule has 0 heterocycles. The highest BCUT2D eigenvalue weighted by Gasteiger charge is 2.47. The fourth-order valence-corrected chi connectivity index (χ4v) is 7.56. The zero-order chi connectivity index (χ0) is 20.5. The normalized spacial score (nSPS) is 48.5. The largest absolute Gasteiger partial charge is 0.481 e. The SMILES string of the molecule is C=CC1CCC(C2CCC3CC(C4CC(F)C(C(=O)O)C(F)C4)CCC3C2)CC1. The number of rotatable bonds is 4. The first-order valence-corrected chi connectivity index (χ1v) is 12.1. The van der Waals surface area contributed by atoms with E-state index in [0.717, 1.165) is 42.4 Å². The second-order valence-electron chi connectivity index (χ2n) is 10.7. The molecular formula is C25H38F2O2. The van der Waals surface area contributed by atoms with Gasteiger partial charge in [0.25, 0.3) is 0 Å². The number of carboxylic acids is 1. The Hall–Kier alpha value is -0.930. The Balaban J connectivity index is 1.29. The highest BCUT2D eigenvalue weighted by molar-refractivity contribution is 5.71. The van der Waals surface area contributed by atoms with Gasteiger partial charge in [0.05, 0.1) is 0 Å². The molecule has 0 amide bonds. The summed E-state index contributed by atoms with van der Waals surface area (Å²) in [5, 5.41) is 9.11. The zero-order valence-electron chi connectivity index (χ0n) is 17.7. The van der Waals surface area contributed by atoms with E-state index in [1.807, 2.05) is 0 Å². The average molecular weight is 409 g/mol. The maximum atomic E-state index is 14.4. The molecule has 0 aromatic rings. The minimum Gasteiger partial charge on any atom is -0.481 e. The van der Waals surface area contributed by atoms with E-state index in [1.165, 1.54) is 51.4 Å². The summed E-state index contributed by atoms with van der Waals surface area (Å²) in [6, 6.07) is 0. The molecule has 4 rings (SSSR count). The summed E-state index contributed by atoms with van der Waals surface area (Å²) in [6.07, 6.45) is 12.3. The van der Waals surface area contributed by atoms with Crippen LogP contribution in [0.5, 0.6) is 0 Å². The summed E-state index contributed by atoms with van der Waals surface area (Å²) in [5.74, 6) is 1.70.